The number of hydrogen-bond donors (Lipinski definition) is 0. The van der Waals surface area contributed by atoms with E-state index in [4.69, 9.17) is 10.00 Å². The third-order valence-corrected chi connectivity index (χ3v) is 1.87. The Morgan fingerprint density at radius 1 is 1.29 bits per heavy atom. The van der Waals surface area contributed by atoms with E-state index >= 15 is 0 Å². The lowest BCUT2D eigenvalue weighted by Gasteiger charge is -2.07. The molecule has 3 heteroatoms. The van der Waals surface area contributed by atoms with E-state index in [1.165, 1.54) is 0 Å². The van der Waals surface area contributed by atoms with Gasteiger partial charge in [-0.3, -0.25) is 0 Å². The lowest BCUT2D eigenvalue weighted by molar-refractivity contribution is 0.553. The zero-order chi connectivity index (χ0) is 12.5. The molecule has 0 bridgehead atoms. The van der Waals surface area contributed by atoms with E-state index in [2.05, 4.69) is 18.2 Å². The summed E-state index contributed by atoms with van der Waals surface area (Å²) >= 11 is 0. The van der Waals surface area contributed by atoms with Crippen molar-refractivity contribution in [2.45, 2.75) is 0 Å². The maximum absolute atomic E-state index is 8.62. The highest BCUT2D eigenvalue weighted by atomic mass is 16.5. The SMILES string of the molecule is C=C/C=C(\C=C)C(=NC#N)Oc1ccccc1. The summed E-state index contributed by atoms with van der Waals surface area (Å²) in [5, 5.41) is 8.62. The predicted octanol–water partition coefficient (Wildman–Crippen LogP) is 3.24. The fourth-order valence-corrected chi connectivity index (χ4v) is 1.15. The van der Waals surface area contributed by atoms with E-state index in [9.17, 15) is 0 Å². The topological polar surface area (TPSA) is 45.4 Å². The van der Waals surface area contributed by atoms with Crippen molar-refractivity contribution < 1.29 is 4.74 Å². The lowest BCUT2D eigenvalue weighted by atomic mass is 10.2. The molecule has 0 amide bonds. The molecule has 0 atom stereocenters. The van der Waals surface area contributed by atoms with Crippen LogP contribution in [0.4, 0.5) is 0 Å². The van der Waals surface area contributed by atoms with Crippen molar-refractivity contribution in [1.82, 2.24) is 0 Å². The number of aliphatic imine (C=N–C) groups is 1. The average molecular weight is 224 g/mol. The van der Waals surface area contributed by atoms with Crippen molar-refractivity contribution in [2.24, 2.45) is 4.99 Å². The summed E-state index contributed by atoms with van der Waals surface area (Å²) < 4.78 is 5.50. The lowest BCUT2D eigenvalue weighted by Crippen LogP contribution is -2.10. The fourth-order valence-electron chi connectivity index (χ4n) is 1.15. The van der Waals surface area contributed by atoms with Gasteiger partial charge in [0.25, 0.3) is 0 Å². The van der Waals surface area contributed by atoms with Gasteiger partial charge < -0.3 is 4.74 Å². The Hall–Kier alpha value is -2.60. The first kappa shape index (κ1) is 12.5. The number of allylic oxidation sites excluding steroid dienone is 2. The number of rotatable bonds is 4. The Bertz CT molecular complexity index is 493. The van der Waals surface area contributed by atoms with Gasteiger partial charge in [-0.15, -0.1) is 4.99 Å². The van der Waals surface area contributed by atoms with E-state index in [0.29, 0.717) is 11.3 Å². The van der Waals surface area contributed by atoms with Crippen molar-refractivity contribution >= 4 is 5.90 Å². The standard InChI is InChI=1S/C14H12N2O/c1-3-8-12(4-2)14(16-11-15)17-13-9-6-5-7-10-13/h3-10H,1-2H2/b12-8+,16-14?. The first-order valence-corrected chi connectivity index (χ1v) is 4.97. The third-order valence-electron chi connectivity index (χ3n) is 1.87. The van der Waals surface area contributed by atoms with E-state index in [-0.39, 0.29) is 5.90 Å². The van der Waals surface area contributed by atoms with Crippen LogP contribution in [0.2, 0.25) is 0 Å². The molecule has 0 radical (unpaired) electrons. The molecule has 17 heavy (non-hydrogen) atoms. The first-order valence-electron chi connectivity index (χ1n) is 4.97. The molecule has 0 fully saturated rings. The van der Waals surface area contributed by atoms with Crippen molar-refractivity contribution in [3.05, 3.63) is 67.3 Å². The van der Waals surface area contributed by atoms with Crippen LogP contribution in [0.1, 0.15) is 0 Å². The minimum Gasteiger partial charge on any atom is -0.438 e. The molecular weight excluding hydrogens is 212 g/mol. The minimum atomic E-state index is 0.202. The van der Waals surface area contributed by atoms with Crippen LogP contribution < -0.4 is 4.74 Å². The molecule has 0 aliphatic carbocycles. The number of hydrogen-bond acceptors (Lipinski definition) is 3. The summed E-state index contributed by atoms with van der Waals surface area (Å²) in [4.78, 5) is 3.62. The second kappa shape index (κ2) is 6.81. The highest BCUT2D eigenvalue weighted by Crippen LogP contribution is 2.12. The van der Waals surface area contributed by atoms with Gasteiger partial charge in [0.15, 0.2) is 0 Å². The average Bonchev–Trinajstić information content (AvgIpc) is 2.37. The Kier molecular flexibility index (Phi) is 4.99. The van der Waals surface area contributed by atoms with Crippen LogP contribution in [0, 0.1) is 11.5 Å². The van der Waals surface area contributed by atoms with Gasteiger partial charge in [0.1, 0.15) is 5.75 Å². The summed E-state index contributed by atoms with van der Waals surface area (Å²) in [7, 11) is 0. The summed E-state index contributed by atoms with van der Waals surface area (Å²) in [6, 6.07) is 9.11. The molecule has 0 saturated carbocycles. The van der Waals surface area contributed by atoms with Gasteiger partial charge in [0.2, 0.25) is 12.1 Å². The van der Waals surface area contributed by atoms with Crippen LogP contribution >= 0.6 is 0 Å². The number of para-hydroxylation sites is 1. The molecular formula is C14H12N2O. The summed E-state index contributed by atoms with van der Waals surface area (Å²) in [5.74, 6) is 0.812. The molecule has 0 heterocycles. The fraction of sp³-hybridized carbons (Fsp3) is 0. The van der Waals surface area contributed by atoms with Gasteiger partial charge in [-0.25, -0.2) is 0 Å². The van der Waals surface area contributed by atoms with Crippen LogP contribution in [0.3, 0.4) is 0 Å². The van der Waals surface area contributed by atoms with E-state index in [1.54, 1.807) is 36.6 Å². The molecule has 0 N–H and O–H groups in total. The summed E-state index contributed by atoms with van der Waals surface area (Å²) in [5.41, 5.74) is 0.602. The number of nitriles is 1. The molecule has 0 saturated heterocycles. The van der Waals surface area contributed by atoms with Crippen LogP contribution in [0.15, 0.2) is 72.3 Å². The van der Waals surface area contributed by atoms with Gasteiger partial charge in [-0.1, -0.05) is 49.6 Å². The monoisotopic (exact) mass is 224 g/mol. The Balaban J connectivity index is 3.00. The normalized spacial score (nSPS) is 11.5. The van der Waals surface area contributed by atoms with Crippen molar-refractivity contribution in [2.75, 3.05) is 0 Å². The quantitative estimate of drug-likeness (QED) is 0.341. The largest absolute Gasteiger partial charge is 0.438 e. The molecule has 84 valence electrons. The molecule has 1 rings (SSSR count). The van der Waals surface area contributed by atoms with E-state index in [0.717, 1.165) is 0 Å². The zero-order valence-corrected chi connectivity index (χ0v) is 9.34. The van der Waals surface area contributed by atoms with Gasteiger partial charge >= 0.3 is 0 Å². The minimum absolute atomic E-state index is 0.202. The van der Waals surface area contributed by atoms with Gasteiger partial charge in [0.05, 0.1) is 0 Å². The molecule has 0 unspecified atom stereocenters. The molecule has 1 aromatic carbocycles. The van der Waals surface area contributed by atoms with Crippen molar-refractivity contribution in [3.8, 4) is 11.9 Å². The molecule has 0 aliphatic rings. The van der Waals surface area contributed by atoms with E-state index in [1.807, 2.05) is 18.2 Å². The van der Waals surface area contributed by atoms with Crippen molar-refractivity contribution in [3.63, 3.8) is 0 Å². The van der Waals surface area contributed by atoms with Crippen LogP contribution in [0.25, 0.3) is 0 Å². The van der Waals surface area contributed by atoms with Gasteiger partial charge in [-0.2, -0.15) is 5.26 Å². The summed E-state index contributed by atoms with van der Waals surface area (Å²) in [6.07, 6.45) is 6.51. The zero-order valence-electron chi connectivity index (χ0n) is 9.34. The number of nitrogens with zero attached hydrogens (tertiary/aromatic N) is 2. The maximum atomic E-state index is 8.62. The van der Waals surface area contributed by atoms with Crippen LogP contribution in [-0.2, 0) is 0 Å². The Morgan fingerprint density at radius 2 is 2.00 bits per heavy atom. The van der Waals surface area contributed by atoms with Crippen LogP contribution in [-0.4, -0.2) is 5.90 Å². The van der Waals surface area contributed by atoms with Crippen LogP contribution in [0.5, 0.6) is 5.75 Å². The second-order valence-corrected chi connectivity index (χ2v) is 2.99. The highest BCUT2D eigenvalue weighted by molar-refractivity contribution is 5.98. The summed E-state index contributed by atoms with van der Waals surface area (Å²) in [6.45, 7) is 7.22. The molecule has 0 spiro atoms. The molecule has 3 nitrogen and oxygen atoms in total. The van der Waals surface area contributed by atoms with E-state index < -0.39 is 0 Å². The highest BCUT2D eigenvalue weighted by Gasteiger charge is 2.06. The molecule has 0 aromatic heterocycles. The third kappa shape index (κ3) is 3.80. The Labute approximate surface area is 101 Å². The first-order chi connectivity index (χ1) is 8.31. The molecule has 1 aromatic rings. The maximum Gasteiger partial charge on any atom is 0.237 e. The van der Waals surface area contributed by atoms with Gasteiger partial charge in [-0.05, 0) is 12.1 Å². The molecule has 0 aliphatic heterocycles. The second-order valence-electron chi connectivity index (χ2n) is 2.99. The van der Waals surface area contributed by atoms with Crippen molar-refractivity contribution in [1.29, 1.82) is 5.26 Å². The smallest absolute Gasteiger partial charge is 0.237 e. The van der Waals surface area contributed by atoms with Gasteiger partial charge in [0, 0.05) is 5.57 Å². The predicted molar refractivity (Wildman–Crippen MR) is 68.6 cm³/mol. The Morgan fingerprint density at radius 3 is 2.53 bits per heavy atom. The number of ether oxygens (including phenoxy) is 1. The number of benzene rings is 1.